The number of carbonyl (C=O) groups is 1. The Labute approximate surface area is 145 Å². The first-order valence-corrected chi connectivity index (χ1v) is 8.23. The Morgan fingerprint density at radius 2 is 1.96 bits per heavy atom. The van der Waals surface area contributed by atoms with Crippen LogP contribution >= 0.6 is 11.6 Å². The maximum absolute atomic E-state index is 11.9. The third-order valence-corrected chi connectivity index (χ3v) is 3.91. The van der Waals surface area contributed by atoms with E-state index in [0.29, 0.717) is 24.5 Å². The lowest BCUT2D eigenvalue weighted by atomic mass is 10.1. The second-order valence-electron chi connectivity index (χ2n) is 5.47. The summed E-state index contributed by atoms with van der Waals surface area (Å²) < 4.78 is 10.6. The molecule has 0 radical (unpaired) electrons. The average Bonchev–Trinajstić information content (AvgIpc) is 3.03. The van der Waals surface area contributed by atoms with E-state index < -0.39 is 0 Å². The Kier molecular flexibility index (Phi) is 5.43. The van der Waals surface area contributed by atoms with Crippen molar-refractivity contribution in [3.05, 3.63) is 53.1 Å². The summed E-state index contributed by atoms with van der Waals surface area (Å²) in [5.41, 5.74) is 2.02. The van der Waals surface area contributed by atoms with Crippen LogP contribution in [0, 0.1) is 0 Å². The van der Waals surface area contributed by atoms with Gasteiger partial charge in [0.25, 0.3) is 0 Å². The van der Waals surface area contributed by atoms with Crippen LogP contribution in [0.3, 0.4) is 0 Å². The number of hydrogen-bond acceptors (Lipinski definition) is 4. The molecule has 0 spiro atoms. The summed E-state index contributed by atoms with van der Waals surface area (Å²) >= 11 is 5.94. The van der Waals surface area contributed by atoms with Gasteiger partial charge in [-0.05, 0) is 36.2 Å². The van der Waals surface area contributed by atoms with Crippen LogP contribution in [-0.4, -0.2) is 25.8 Å². The highest BCUT2D eigenvalue weighted by Gasteiger charge is 2.13. The number of anilines is 1. The van der Waals surface area contributed by atoms with E-state index >= 15 is 0 Å². The number of fused-ring (bicyclic) bond motifs is 1. The van der Waals surface area contributed by atoms with Crippen LogP contribution in [0.15, 0.2) is 42.5 Å². The van der Waals surface area contributed by atoms with E-state index in [-0.39, 0.29) is 12.7 Å². The molecule has 0 aliphatic carbocycles. The van der Waals surface area contributed by atoms with Gasteiger partial charge in [0, 0.05) is 36.3 Å². The van der Waals surface area contributed by atoms with E-state index in [0.717, 1.165) is 29.2 Å². The minimum atomic E-state index is 0.0188. The third kappa shape index (κ3) is 4.55. The molecule has 24 heavy (non-hydrogen) atoms. The summed E-state index contributed by atoms with van der Waals surface area (Å²) in [7, 11) is 0. The number of hydrogen-bond donors (Lipinski definition) is 2. The second kappa shape index (κ2) is 7.93. The summed E-state index contributed by atoms with van der Waals surface area (Å²) in [6.07, 6.45) is 1.17. The summed E-state index contributed by atoms with van der Waals surface area (Å²) in [6.45, 7) is 1.42. The van der Waals surface area contributed by atoms with Crippen molar-refractivity contribution in [1.29, 1.82) is 0 Å². The van der Waals surface area contributed by atoms with Crippen LogP contribution < -0.4 is 20.1 Å². The largest absolute Gasteiger partial charge is 0.454 e. The number of rotatable bonds is 7. The van der Waals surface area contributed by atoms with Crippen LogP contribution in [0.2, 0.25) is 5.02 Å². The fourth-order valence-electron chi connectivity index (χ4n) is 2.45. The lowest BCUT2D eigenvalue weighted by Crippen LogP contribution is -2.27. The predicted octanol–water partition coefficient (Wildman–Crippen LogP) is 3.23. The average molecular weight is 347 g/mol. The van der Waals surface area contributed by atoms with Crippen LogP contribution in [0.5, 0.6) is 11.5 Å². The summed E-state index contributed by atoms with van der Waals surface area (Å²) in [6, 6.07) is 13.3. The molecule has 2 N–H and O–H groups in total. The van der Waals surface area contributed by atoms with Gasteiger partial charge in [-0.1, -0.05) is 23.7 Å². The highest BCUT2D eigenvalue weighted by atomic mass is 35.5. The molecule has 1 heterocycles. The van der Waals surface area contributed by atoms with Gasteiger partial charge < -0.3 is 20.1 Å². The first-order chi connectivity index (χ1) is 11.7. The number of carbonyl (C=O) groups excluding carboxylic acids is 1. The maximum Gasteiger partial charge on any atom is 0.231 e. The minimum absolute atomic E-state index is 0.0188. The van der Waals surface area contributed by atoms with Crippen molar-refractivity contribution >= 4 is 23.2 Å². The minimum Gasteiger partial charge on any atom is -0.454 e. The van der Waals surface area contributed by atoms with E-state index in [4.69, 9.17) is 21.1 Å². The zero-order valence-electron chi connectivity index (χ0n) is 13.2. The Balaban J connectivity index is 1.35. The molecule has 0 atom stereocenters. The fourth-order valence-corrected chi connectivity index (χ4v) is 2.67. The predicted molar refractivity (Wildman–Crippen MR) is 93.8 cm³/mol. The summed E-state index contributed by atoms with van der Waals surface area (Å²) in [5.74, 6) is 1.50. The van der Waals surface area contributed by atoms with Crippen molar-refractivity contribution in [2.45, 2.75) is 12.8 Å². The lowest BCUT2D eigenvalue weighted by molar-refractivity contribution is -0.120. The van der Waals surface area contributed by atoms with Crippen molar-refractivity contribution in [1.82, 2.24) is 5.32 Å². The molecule has 0 aromatic heterocycles. The number of nitrogens with one attached hydrogen (secondary N) is 2. The molecule has 0 saturated carbocycles. The van der Waals surface area contributed by atoms with Crippen LogP contribution in [-0.2, 0) is 11.2 Å². The highest BCUT2D eigenvalue weighted by Crippen LogP contribution is 2.34. The highest BCUT2D eigenvalue weighted by molar-refractivity contribution is 6.30. The molecule has 0 unspecified atom stereocenters. The molecule has 2 aromatic carbocycles. The first-order valence-electron chi connectivity index (χ1n) is 7.85. The topological polar surface area (TPSA) is 59.6 Å². The van der Waals surface area contributed by atoms with Crippen molar-refractivity contribution in [2.75, 3.05) is 25.2 Å². The molecular weight excluding hydrogens is 328 g/mol. The number of benzene rings is 2. The Morgan fingerprint density at radius 1 is 1.08 bits per heavy atom. The second-order valence-corrected chi connectivity index (χ2v) is 5.91. The van der Waals surface area contributed by atoms with Crippen LogP contribution in [0.1, 0.15) is 12.0 Å². The van der Waals surface area contributed by atoms with Crippen molar-refractivity contribution in [3.8, 4) is 11.5 Å². The van der Waals surface area contributed by atoms with Crippen LogP contribution in [0.4, 0.5) is 5.69 Å². The van der Waals surface area contributed by atoms with Gasteiger partial charge in [0.15, 0.2) is 11.5 Å². The Bertz CT molecular complexity index is 721. The molecule has 1 aliphatic heterocycles. The molecule has 5 nitrogen and oxygen atoms in total. The Hall–Kier alpha value is -2.40. The van der Waals surface area contributed by atoms with E-state index in [1.54, 1.807) is 0 Å². The van der Waals surface area contributed by atoms with Crippen molar-refractivity contribution in [3.63, 3.8) is 0 Å². The molecule has 3 rings (SSSR count). The molecule has 0 bridgehead atoms. The lowest BCUT2D eigenvalue weighted by Gasteiger charge is -2.08. The smallest absolute Gasteiger partial charge is 0.231 e. The molecule has 0 fully saturated rings. The van der Waals surface area contributed by atoms with E-state index in [1.165, 1.54) is 0 Å². The summed E-state index contributed by atoms with van der Waals surface area (Å²) in [5, 5.41) is 6.83. The maximum atomic E-state index is 11.9. The van der Waals surface area contributed by atoms with Gasteiger partial charge in [-0.3, -0.25) is 4.79 Å². The number of ether oxygens (including phenoxy) is 2. The van der Waals surface area contributed by atoms with Crippen molar-refractivity contribution in [2.24, 2.45) is 0 Å². The molecule has 1 aliphatic rings. The summed E-state index contributed by atoms with van der Waals surface area (Å²) in [4.78, 5) is 11.9. The van der Waals surface area contributed by atoms with Gasteiger partial charge in [-0.25, -0.2) is 0 Å². The van der Waals surface area contributed by atoms with Gasteiger partial charge in [0.2, 0.25) is 12.7 Å². The van der Waals surface area contributed by atoms with Gasteiger partial charge >= 0.3 is 0 Å². The van der Waals surface area contributed by atoms with E-state index in [2.05, 4.69) is 10.6 Å². The van der Waals surface area contributed by atoms with E-state index in [1.807, 2.05) is 42.5 Å². The van der Waals surface area contributed by atoms with E-state index in [9.17, 15) is 4.79 Å². The molecule has 0 saturated heterocycles. The normalized spacial score (nSPS) is 12.0. The molecular formula is C18H19ClN2O3. The monoisotopic (exact) mass is 346 g/mol. The van der Waals surface area contributed by atoms with Gasteiger partial charge in [-0.15, -0.1) is 0 Å². The van der Waals surface area contributed by atoms with Crippen LogP contribution in [0.25, 0.3) is 0 Å². The van der Waals surface area contributed by atoms with Crippen molar-refractivity contribution < 1.29 is 14.3 Å². The Morgan fingerprint density at radius 3 is 2.83 bits per heavy atom. The van der Waals surface area contributed by atoms with Gasteiger partial charge in [-0.2, -0.15) is 0 Å². The number of halogens is 1. The van der Waals surface area contributed by atoms with Gasteiger partial charge in [0.1, 0.15) is 0 Å². The molecule has 126 valence electrons. The first kappa shape index (κ1) is 16.5. The number of amides is 1. The molecule has 1 amide bonds. The zero-order chi connectivity index (χ0) is 16.8. The zero-order valence-corrected chi connectivity index (χ0v) is 13.9. The van der Waals surface area contributed by atoms with Gasteiger partial charge in [0.05, 0.1) is 0 Å². The SMILES string of the molecule is O=C(CCNc1ccc2c(c1)OCO2)NCCc1cccc(Cl)c1. The quantitative estimate of drug-likeness (QED) is 0.808. The molecule has 6 heteroatoms. The molecule has 2 aromatic rings. The third-order valence-electron chi connectivity index (χ3n) is 3.68. The fraction of sp³-hybridized carbons (Fsp3) is 0.278. The standard InChI is InChI=1S/C18H19ClN2O3/c19-14-3-1-2-13(10-14)6-8-21-18(22)7-9-20-15-4-5-16-17(11-15)24-12-23-16/h1-5,10-11,20H,6-9,12H2,(H,21,22).